The van der Waals surface area contributed by atoms with Crippen molar-refractivity contribution in [3.05, 3.63) is 70.4 Å². The third kappa shape index (κ3) is 3.62. The van der Waals surface area contributed by atoms with Gasteiger partial charge in [0.05, 0.1) is 23.2 Å². The quantitative estimate of drug-likeness (QED) is 0.602. The van der Waals surface area contributed by atoms with E-state index in [1.54, 1.807) is 29.9 Å². The number of methoxy groups -OCH3 is 1. The van der Waals surface area contributed by atoms with Gasteiger partial charge in [0.25, 0.3) is 15.6 Å². The molecule has 2 aromatic heterocycles. The van der Waals surface area contributed by atoms with Crippen molar-refractivity contribution >= 4 is 32.4 Å². The molecule has 32 heavy (non-hydrogen) atoms. The van der Waals surface area contributed by atoms with Crippen molar-refractivity contribution in [2.75, 3.05) is 11.8 Å². The van der Waals surface area contributed by atoms with Crippen molar-refractivity contribution in [1.29, 1.82) is 0 Å². The molecule has 3 aromatic rings. The zero-order valence-corrected chi connectivity index (χ0v) is 18.4. The largest absolute Gasteiger partial charge is 0.495 e. The molecule has 5 rings (SSSR count). The Kier molecular flexibility index (Phi) is 5.13. The van der Waals surface area contributed by atoms with E-state index in [-0.39, 0.29) is 16.3 Å². The van der Waals surface area contributed by atoms with Crippen LogP contribution in [0.2, 0.25) is 0 Å². The highest BCUT2D eigenvalue weighted by Gasteiger charge is 2.27. The van der Waals surface area contributed by atoms with Crippen LogP contribution in [0.5, 0.6) is 0 Å². The first-order valence-corrected chi connectivity index (χ1v) is 12.0. The molecular weight excluding hydrogens is 430 g/mol. The van der Waals surface area contributed by atoms with Gasteiger partial charge in [-0.2, -0.15) is 0 Å². The normalized spacial score (nSPS) is 17.2. The number of aromatic nitrogens is 2. The van der Waals surface area contributed by atoms with Crippen molar-refractivity contribution in [2.24, 2.45) is 5.92 Å². The summed E-state index contributed by atoms with van der Waals surface area (Å²) in [5.41, 5.74) is 2.63. The number of hydrogen-bond acceptors (Lipinski definition) is 6. The van der Waals surface area contributed by atoms with Crippen molar-refractivity contribution < 1.29 is 17.7 Å². The number of benzene rings is 1. The summed E-state index contributed by atoms with van der Waals surface area (Å²) >= 11 is 0. The van der Waals surface area contributed by atoms with Gasteiger partial charge in [-0.05, 0) is 61.9 Å². The van der Waals surface area contributed by atoms with Gasteiger partial charge in [0.1, 0.15) is 12.0 Å². The van der Waals surface area contributed by atoms with E-state index in [1.165, 1.54) is 49.3 Å². The monoisotopic (exact) mass is 453 g/mol. The van der Waals surface area contributed by atoms with Crippen LogP contribution in [0.3, 0.4) is 0 Å². The summed E-state index contributed by atoms with van der Waals surface area (Å²) in [6, 6.07) is 9.18. The van der Waals surface area contributed by atoms with Gasteiger partial charge < -0.3 is 9.26 Å². The summed E-state index contributed by atoms with van der Waals surface area (Å²) < 4.78 is 39.8. The van der Waals surface area contributed by atoms with Gasteiger partial charge in [-0.3, -0.25) is 14.1 Å². The molecule has 1 saturated carbocycles. The van der Waals surface area contributed by atoms with Crippen molar-refractivity contribution in [3.63, 3.8) is 0 Å². The van der Waals surface area contributed by atoms with Crippen LogP contribution in [0.15, 0.2) is 74.3 Å². The number of nitrogens with zero attached hydrogens (tertiary/aromatic N) is 2. The maximum atomic E-state index is 12.9. The Hall–Kier alpha value is -3.33. The maximum absolute atomic E-state index is 12.9. The summed E-state index contributed by atoms with van der Waals surface area (Å²) in [6.07, 6.45) is 8.64. The highest BCUT2D eigenvalue weighted by Crippen LogP contribution is 2.40. The van der Waals surface area contributed by atoms with Crippen LogP contribution >= 0.6 is 0 Å². The standard InChI is InChI=1S/C23H23N3O5S/c1-30-21-14-16(15-3-2-4-15)5-8-20(21)26-19-9-7-18(13-17(19)6-10-23(26)27)32(28,29)25-22-11-12-31-24-22/h6-7,9-15H,2-5,8H2,1H3,(H,24,25). The number of allylic oxidation sites excluding steroid dienone is 3. The van der Waals surface area contributed by atoms with Crippen LogP contribution in [0, 0.1) is 5.92 Å². The molecule has 1 N–H and O–H groups in total. The SMILES string of the molecule is COC1=C(n2c(=O)ccc3cc(S(=O)(=O)Nc4ccon4)ccc32)CCC(C2CCC2)=C1. The Labute approximate surface area is 185 Å². The maximum Gasteiger partial charge on any atom is 0.263 e. The fourth-order valence-electron chi connectivity index (χ4n) is 4.34. The van der Waals surface area contributed by atoms with Crippen LogP contribution in [0.4, 0.5) is 5.82 Å². The van der Waals surface area contributed by atoms with Crippen LogP contribution in [-0.4, -0.2) is 25.3 Å². The number of fused-ring (bicyclic) bond motifs is 1. The van der Waals surface area contributed by atoms with Crippen molar-refractivity contribution in [3.8, 4) is 0 Å². The number of pyridine rings is 1. The topological polar surface area (TPSA) is 103 Å². The summed E-state index contributed by atoms with van der Waals surface area (Å²) in [5.74, 6) is 1.41. The second-order valence-corrected chi connectivity index (χ2v) is 9.76. The smallest absolute Gasteiger partial charge is 0.263 e. The zero-order chi connectivity index (χ0) is 22.3. The molecule has 0 spiro atoms. The fourth-order valence-corrected chi connectivity index (χ4v) is 5.37. The van der Waals surface area contributed by atoms with E-state index in [9.17, 15) is 13.2 Å². The number of rotatable bonds is 6. The lowest BCUT2D eigenvalue weighted by atomic mass is 9.76. The van der Waals surface area contributed by atoms with Crippen LogP contribution in [-0.2, 0) is 14.8 Å². The summed E-state index contributed by atoms with van der Waals surface area (Å²) in [5, 5.41) is 4.22. The van der Waals surface area contributed by atoms with Crippen LogP contribution < -0.4 is 10.3 Å². The lowest BCUT2D eigenvalue weighted by Gasteiger charge is -2.31. The molecule has 1 aromatic carbocycles. The molecule has 0 amide bonds. The molecule has 0 bridgehead atoms. The Balaban J connectivity index is 1.58. The lowest BCUT2D eigenvalue weighted by molar-refractivity contribution is 0.297. The second kappa shape index (κ2) is 7.98. The third-order valence-corrected chi connectivity index (χ3v) is 7.58. The van der Waals surface area contributed by atoms with Crippen molar-refractivity contribution in [1.82, 2.24) is 9.72 Å². The van der Waals surface area contributed by atoms with Crippen LogP contribution in [0.1, 0.15) is 32.1 Å². The molecule has 2 heterocycles. The molecule has 0 aliphatic heterocycles. The number of sulfonamides is 1. The van der Waals surface area contributed by atoms with Gasteiger partial charge in [0.15, 0.2) is 5.82 Å². The highest BCUT2D eigenvalue weighted by atomic mass is 32.2. The summed E-state index contributed by atoms with van der Waals surface area (Å²) in [4.78, 5) is 12.9. The second-order valence-electron chi connectivity index (χ2n) is 8.08. The van der Waals surface area contributed by atoms with E-state index in [1.807, 2.05) is 0 Å². The van der Waals surface area contributed by atoms with E-state index in [0.717, 1.165) is 12.1 Å². The number of nitrogens with one attached hydrogen (secondary N) is 1. The molecular formula is C23H23N3O5S. The number of ether oxygens (including phenoxy) is 1. The summed E-state index contributed by atoms with van der Waals surface area (Å²) in [7, 11) is -2.24. The Morgan fingerprint density at radius 2 is 2.00 bits per heavy atom. The Morgan fingerprint density at radius 1 is 1.16 bits per heavy atom. The molecule has 0 saturated heterocycles. The number of hydrogen-bond donors (Lipinski definition) is 1. The van der Waals surface area contributed by atoms with Gasteiger partial charge >= 0.3 is 0 Å². The molecule has 166 valence electrons. The molecule has 2 aliphatic rings. The van der Waals surface area contributed by atoms with E-state index in [4.69, 9.17) is 4.74 Å². The molecule has 0 atom stereocenters. The Morgan fingerprint density at radius 3 is 2.69 bits per heavy atom. The van der Waals surface area contributed by atoms with E-state index >= 15 is 0 Å². The van der Waals surface area contributed by atoms with Crippen molar-refractivity contribution in [2.45, 2.75) is 37.0 Å². The van der Waals surface area contributed by atoms with Gasteiger partial charge in [-0.15, -0.1) is 0 Å². The van der Waals surface area contributed by atoms with E-state index in [0.29, 0.717) is 29.0 Å². The third-order valence-electron chi connectivity index (χ3n) is 6.22. The van der Waals surface area contributed by atoms with Gasteiger partial charge in [0.2, 0.25) is 0 Å². The molecule has 0 unspecified atom stereocenters. The van der Waals surface area contributed by atoms with E-state index < -0.39 is 10.0 Å². The fraction of sp³-hybridized carbons (Fsp3) is 0.304. The minimum atomic E-state index is -3.86. The van der Waals surface area contributed by atoms with Gasteiger partial charge in [-0.25, -0.2) is 8.42 Å². The molecule has 2 aliphatic carbocycles. The molecule has 1 fully saturated rings. The predicted octanol–water partition coefficient (Wildman–Crippen LogP) is 4.13. The number of anilines is 1. The first-order valence-electron chi connectivity index (χ1n) is 10.5. The van der Waals surface area contributed by atoms with Gasteiger partial charge in [0, 0.05) is 17.5 Å². The minimum absolute atomic E-state index is 0.0648. The Bertz CT molecular complexity index is 1400. The first-order chi connectivity index (χ1) is 15.5. The molecule has 8 nitrogen and oxygen atoms in total. The first kappa shape index (κ1) is 20.6. The minimum Gasteiger partial charge on any atom is -0.495 e. The average Bonchev–Trinajstić information content (AvgIpc) is 3.24. The summed E-state index contributed by atoms with van der Waals surface area (Å²) in [6.45, 7) is 0. The molecule has 9 heteroatoms. The lowest BCUT2D eigenvalue weighted by Crippen LogP contribution is -2.23. The highest BCUT2D eigenvalue weighted by molar-refractivity contribution is 7.92. The predicted molar refractivity (Wildman–Crippen MR) is 120 cm³/mol. The van der Waals surface area contributed by atoms with Crippen LogP contribution in [0.25, 0.3) is 16.6 Å². The van der Waals surface area contributed by atoms with Gasteiger partial charge in [-0.1, -0.05) is 17.2 Å². The zero-order valence-electron chi connectivity index (χ0n) is 17.6. The van der Waals surface area contributed by atoms with E-state index in [2.05, 4.69) is 20.5 Å². The average molecular weight is 454 g/mol. The molecule has 0 radical (unpaired) electrons.